The van der Waals surface area contributed by atoms with Crippen LogP contribution in [0.2, 0.25) is 0 Å². The summed E-state index contributed by atoms with van der Waals surface area (Å²) in [6.45, 7) is 1.83. The second-order valence-electron chi connectivity index (χ2n) is 6.40. The van der Waals surface area contributed by atoms with E-state index < -0.39 is 11.7 Å². The summed E-state index contributed by atoms with van der Waals surface area (Å²) in [5.74, 6) is 1.44. The maximum absolute atomic E-state index is 13.1. The third-order valence-electron chi connectivity index (χ3n) is 4.56. The Morgan fingerprint density at radius 1 is 1.25 bits per heavy atom. The minimum atomic E-state index is -4.36. The van der Waals surface area contributed by atoms with Crippen molar-refractivity contribution in [2.24, 2.45) is 13.0 Å². The van der Waals surface area contributed by atoms with Crippen molar-refractivity contribution >= 4 is 0 Å². The van der Waals surface area contributed by atoms with Crippen LogP contribution in [0.3, 0.4) is 0 Å². The van der Waals surface area contributed by atoms with Crippen LogP contribution in [0.1, 0.15) is 29.9 Å². The van der Waals surface area contributed by atoms with Crippen molar-refractivity contribution in [1.82, 2.24) is 19.4 Å². The van der Waals surface area contributed by atoms with Crippen molar-refractivity contribution in [3.8, 4) is 0 Å². The molecule has 1 fully saturated rings. The third-order valence-corrected chi connectivity index (χ3v) is 4.56. The quantitative estimate of drug-likeness (QED) is 0.858. The van der Waals surface area contributed by atoms with Crippen molar-refractivity contribution < 1.29 is 13.2 Å². The number of hydrogen-bond donors (Lipinski definition) is 0. The number of hydrogen-bond acceptors (Lipinski definition) is 3. The van der Waals surface area contributed by atoms with Gasteiger partial charge in [-0.1, -0.05) is 0 Å². The number of imidazole rings is 1. The van der Waals surface area contributed by atoms with E-state index in [1.165, 1.54) is 12.3 Å². The average Bonchev–Trinajstić information content (AvgIpc) is 2.92. The smallest absolute Gasteiger partial charge is 0.338 e. The monoisotopic (exact) mass is 338 g/mol. The van der Waals surface area contributed by atoms with Crippen LogP contribution in [-0.2, 0) is 26.2 Å². The van der Waals surface area contributed by atoms with E-state index in [1.807, 2.05) is 17.8 Å². The number of piperidine rings is 1. The molecule has 0 aliphatic carbocycles. The highest BCUT2D eigenvalue weighted by Crippen LogP contribution is 2.32. The van der Waals surface area contributed by atoms with Gasteiger partial charge in [-0.25, -0.2) is 4.98 Å². The van der Waals surface area contributed by atoms with Gasteiger partial charge in [0.15, 0.2) is 0 Å². The predicted octanol–water partition coefficient (Wildman–Crippen LogP) is 3.29. The Bertz CT molecular complexity index is 680. The van der Waals surface area contributed by atoms with Crippen LogP contribution in [0, 0.1) is 5.92 Å². The molecule has 0 bridgehead atoms. The van der Waals surface area contributed by atoms with Gasteiger partial charge in [0, 0.05) is 45.1 Å². The van der Waals surface area contributed by atoms with E-state index in [0.29, 0.717) is 5.92 Å². The van der Waals surface area contributed by atoms with Gasteiger partial charge in [-0.3, -0.25) is 9.88 Å². The summed E-state index contributed by atoms with van der Waals surface area (Å²) < 4.78 is 41.3. The molecule has 0 N–H and O–H groups in total. The van der Waals surface area contributed by atoms with Gasteiger partial charge in [0.05, 0.1) is 11.3 Å². The van der Waals surface area contributed by atoms with E-state index >= 15 is 0 Å². The van der Waals surface area contributed by atoms with Crippen LogP contribution in [-0.4, -0.2) is 32.5 Å². The second-order valence-corrected chi connectivity index (χ2v) is 6.40. The maximum Gasteiger partial charge on any atom is 0.418 e. The number of alkyl halides is 3. The molecule has 1 aliphatic heterocycles. The van der Waals surface area contributed by atoms with Crippen LogP contribution in [0.4, 0.5) is 13.2 Å². The fraction of sp³-hybridized carbons (Fsp3) is 0.529. The molecule has 3 rings (SSSR count). The zero-order valence-electron chi connectivity index (χ0n) is 13.6. The molecule has 3 heterocycles. The zero-order valence-corrected chi connectivity index (χ0v) is 13.6. The molecular weight excluding hydrogens is 317 g/mol. The van der Waals surface area contributed by atoms with Gasteiger partial charge in [-0.05, 0) is 37.4 Å². The van der Waals surface area contributed by atoms with Crippen molar-refractivity contribution in [2.75, 3.05) is 13.1 Å². The lowest BCUT2D eigenvalue weighted by molar-refractivity contribution is -0.138. The van der Waals surface area contributed by atoms with E-state index in [9.17, 15) is 13.2 Å². The van der Waals surface area contributed by atoms with E-state index in [-0.39, 0.29) is 12.2 Å². The number of aromatic nitrogens is 3. The molecular formula is C17H21F3N4. The molecule has 2 aromatic heterocycles. The Balaban J connectivity index is 1.67. The minimum absolute atomic E-state index is 0.114. The average molecular weight is 338 g/mol. The second kappa shape index (κ2) is 6.93. The van der Waals surface area contributed by atoms with Crippen molar-refractivity contribution in [3.05, 3.63) is 47.8 Å². The van der Waals surface area contributed by atoms with Crippen LogP contribution in [0.25, 0.3) is 0 Å². The Morgan fingerprint density at radius 3 is 2.79 bits per heavy atom. The molecule has 0 amide bonds. The molecule has 0 aromatic carbocycles. The summed E-state index contributed by atoms with van der Waals surface area (Å²) in [5.41, 5.74) is -0.515. The van der Waals surface area contributed by atoms with Gasteiger partial charge in [-0.15, -0.1) is 0 Å². The van der Waals surface area contributed by atoms with E-state index in [4.69, 9.17) is 0 Å². The van der Waals surface area contributed by atoms with Gasteiger partial charge < -0.3 is 4.57 Å². The summed E-state index contributed by atoms with van der Waals surface area (Å²) in [7, 11) is 1.96. The van der Waals surface area contributed by atoms with Gasteiger partial charge >= 0.3 is 6.18 Å². The molecule has 0 saturated carbocycles. The normalized spacial score (nSPS) is 19.6. The number of aryl methyl sites for hydroxylation is 1. The first-order chi connectivity index (χ1) is 11.4. The SMILES string of the molecule is Cn1ccnc1C[C@@H]1CCCN(Cc2ncccc2C(F)(F)F)C1. The summed E-state index contributed by atoms with van der Waals surface area (Å²) in [6, 6.07) is 2.45. The molecule has 4 nitrogen and oxygen atoms in total. The Morgan fingerprint density at radius 2 is 2.08 bits per heavy atom. The summed E-state index contributed by atoms with van der Waals surface area (Å²) in [6.07, 6.45) is 3.69. The van der Waals surface area contributed by atoms with Gasteiger partial charge in [0.2, 0.25) is 0 Å². The lowest BCUT2D eigenvalue weighted by atomic mass is 9.94. The summed E-state index contributed by atoms with van der Waals surface area (Å²) >= 11 is 0. The third kappa shape index (κ3) is 3.95. The lowest BCUT2D eigenvalue weighted by Crippen LogP contribution is -2.36. The van der Waals surface area contributed by atoms with Gasteiger partial charge in [0.1, 0.15) is 5.82 Å². The lowest BCUT2D eigenvalue weighted by Gasteiger charge is -2.32. The number of halogens is 3. The summed E-state index contributed by atoms with van der Waals surface area (Å²) in [5, 5.41) is 0. The molecule has 1 aliphatic rings. The highest BCUT2D eigenvalue weighted by atomic mass is 19.4. The van der Waals surface area contributed by atoms with Gasteiger partial charge in [-0.2, -0.15) is 13.2 Å². The highest BCUT2D eigenvalue weighted by molar-refractivity contribution is 5.23. The Kier molecular flexibility index (Phi) is 4.89. The van der Waals surface area contributed by atoms with Crippen LogP contribution < -0.4 is 0 Å². The fourth-order valence-corrected chi connectivity index (χ4v) is 3.35. The van der Waals surface area contributed by atoms with E-state index in [1.54, 1.807) is 6.20 Å². The first-order valence-corrected chi connectivity index (χ1v) is 8.13. The molecule has 24 heavy (non-hydrogen) atoms. The molecule has 0 radical (unpaired) electrons. The number of nitrogens with zero attached hydrogens (tertiary/aromatic N) is 4. The molecule has 1 atom stereocenters. The number of likely N-dealkylation sites (tertiary alicyclic amines) is 1. The predicted molar refractivity (Wildman–Crippen MR) is 84.2 cm³/mol. The maximum atomic E-state index is 13.1. The minimum Gasteiger partial charge on any atom is -0.338 e. The van der Waals surface area contributed by atoms with Crippen LogP contribution >= 0.6 is 0 Å². The molecule has 0 unspecified atom stereocenters. The molecule has 0 spiro atoms. The molecule has 1 saturated heterocycles. The molecule has 7 heteroatoms. The van der Waals surface area contributed by atoms with Crippen molar-refractivity contribution in [2.45, 2.75) is 32.0 Å². The first kappa shape index (κ1) is 17.0. The van der Waals surface area contributed by atoms with Gasteiger partial charge in [0.25, 0.3) is 0 Å². The highest BCUT2D eigenvalue weighted by Gasteiger charge is 2.34. The summed E-state index contributed by atoms with van der Waals surface area (Å²) in [4.78, 5) is 10.4. The van der Waals surface area contributed by atoms with Crippen LogP contribution in [0.15, 0.2) is 30.7 Å². The Hall–Kier alpha value is -1.89. The first-order valence-electron chi connectivity index (χ1n) is 8.13. The number of pyridine rings is 1. The van der Waals surface area contributed by atoms with E-state index in [2.05, 4.69) is 14.9 Å². The van der Waals surface area contributed by atoms with E-state index in [0.717, 1.165) is 44.2 Å². The van der Waals surface area contributed by atoms with Crippen molar-refractivity contribution in [1.29, 1.82) is 0 Å². The topological polar surface area (TPSA) is 34.0 Å². The fourth-order valence-electron chi connectivity index (χ4n) is 3.35. The van der Waals surface area contributed by atoms with Crippen molar-refractivity contribution in [3.63, 3.8) is 0 Å². The van der Waals surface area contributed by atoms with Crippen LogP contribution in [0.5, 0.6) is 0 Å². The largest absolute Gasteiger partial charge is 0.418 e. The standard InChI is InChI=1S/C17H21F3N4/c1-23-9-7-22-16(23)10-13-4-3-8-24(11-13)12-15-14(17(18,19)20)5-2-6-21-15/h2,5-7,9,13H,3-4,8,10-12H2,1H3/t13-/m0/s1. The zero-order chi connectivity index (χ0) is 17.2. The number of rotatable bonds is 4. The molecule has 130 valence electrons. The Labute approximate surface area is 139 Å². The molecule has 2 aromatic rings.